The Balaban J connectivity index is 2.19. The third kappa shape index (κ3) is 5.59. The summed E-state index contributed by atoms with van der Waals surface area (Å²) in [4.78, 5) is 0. The molecule has 0 fully saturated rings. The normalized spacial score (nSPS) is 11.9. The van der Waals surface area contributed by atoms with Crippen LogP contribution in [0, 0.1) is 0 Å². The Labute approximate surface area is 146 Å². The van der Waals surface area contributed by atoms with Crippen molar-refractivity contribution >= 4 is 7.51 Å². The summed E-state index contributed by atoms with van der Waals surface area (Å²) in [5.74, 6) is 0. The van der Waals surface area contributed by atoms with E-state index in [-0.39, 0.29) is 11.7 Å². The third-order valence-electron chi connectivity index (χ3n) is 3.56. The van der Waals surface area contributed by atoms with E-state index in [2.05, 4.69) is 52.0 Å². The number of rotatable bonds is 8. The van der Waals surface area contributed by atoms with Crippen LogP contribution in [0.25, 0.3) is 0 Å². The van der Waals surface area contributed by atoms with E-state index in [1.807, 2.05) is 36.4 Å². The van der Waals surface area contributed by atoms with Crippen molar-refractivity contribution in [2.24, 2.45) is 4.74 Å². The van der Waals surface area contributed by atoms with E-state index in [0.29, 0.717) is 13.2 Å². The average Bonchev–Trinajstić information content (AvgIpc) is 2.58. The van der Waals surface area contributed by atoms with Gasteiger partial charge in [-0.1, -0.05) is 74.5 Å². The molecule has 130 valence electrons. The number of hydrogen-bond donors (Lipinski definition) is 0. The Bertz CT molecular complexity index is 606. The lowest BCUT2D eigenvalue weighted by Crippen LogP contribution is -2.09. The second kappa shape index (κ2) is 9.17. The minimum Gasteiger partial charge on any atom is -0.319 e. The zero-order chi connectivity index (χ0) is 17.4. The molecule has 0 spiro atoms. The molecule has 24 heavy (non-hydrogen) atoms. The smallest absolute Gasteiger partial charge is 0.215 e. The molecule has 0 aliphatic heterocycles. The maximum atomic E-state index is 6.33. The van der Waals surface area contributed by atoms with Gasteiger partial charge < -0.3 is 9.05 Å². The molecule has 0 heterocycles. The zero-order valence-corrected chi connectivity index (χ0v) is 15.9. The summed E-state index contributed by atoms with van der Waals surface area (Å²) in [6, 6.07) is 20.6. The second-order valence-corrected chi connectivity index (χ2v) is 9.29. The van der Waals surface area contributed by atoms with Crippen LogP contribution in [0.2, 0.25) is 0 Å². The molecule has 0 N–H and O–H groups in total. The van der Waals surface area contributed by atoms with Crippen LogP contribution in [0.3, 0.4) is 0 Å². The molecule has 4 heteroatoms. The summed E-state index contributed by atoms with van der Waals surface area (Å²) >= 11 is 0. The minimum absolute atomic E-state index is 0.173. The van der Waals surface area contributed by atoms with Crippen molar-refractivity contribution in [1.29, 1.82) is 0 Å². The Morgan fingerprint density at radius 3 is 1.50 bits per heavy atom. The fourth-order valence-electron chi connectivity index (χ4n) is 2.34. The number of nitrogens with zero attached hydrogens (tertiary/aromatic N) is 1. The van der Waals surface area contributed by atoms with Crippen LogP contribution < -0.4 is 0 Å². The van der Waals surface area contributed by atoms with Crippen LogP contribution in [0.5, 0.6) is 0 Å². The van der Waals surface area contributed by atoms with Crippen molar-refractivity contribution in [1.82, 2.24) is 0 Å². The standard InChI is InChI=1S/C20H28NO2P/c1-17(2)21-24(18(3)4,22-15-19-11-7-5-8-12-19)23-16-20-13-9-6-10-14-20/h5-14,17-18H,15-16H2,1-4H3. The molecule has 2 aromatic rings. The molecule has 0 saturated heterocycles. The summed E-state index contributed by atoms with van der Waals surface area (Å²) in [7, 11) is -2.33. The van der Waals surface area contributed by atoms with Gasteiger partial charge in [-0.2, -0.15) is 0 Å². The van der Waals surface area contributed by atoms with E-state index in [9.17, 15) is 0 Å². The van der Waals surface area contributed by atoms with Crippen molar-refractivity contribution < 1.29 is 9.05 Å². The van der Waals surface area contributed by atoms with Crippen molar-refractivity contribution in [2.75, 3.05) is 0 Å². The molecule has 0 amide bonds. The van der Waals surface area contributed by atoms with E-state index in [1.54, 1.807) is 0 Å². The van der Waals surface area contributed by atoms with Crippen LogP contribution in [0.15, 0.2) is 65.4 Å². The highest BCUT2D eigenvalue weighted by Crippen LogP contribution is 2.58. The minimum atomic E-state index is -2.33. The first kappa shape index (κ1) is 18.9. The molecule has 0 bridgehead atoms. The molecular weight excluding hydrogens is 317 g/mol. The first-order valence-corrected chi connectivity index (χ1v) is 10.1. The molecular formula is C20H28NO2P. The molecule has 0 radical (unpaired) electrons. The topological polar surface area (TPSA) is 30.8 Å². The van der Waals surface area contributed by atoms with Crippen LogP contribution in [-0.4, -0.2) is 11.7 Å². The predicted octanol–water partition coefficient (Wildman–Crippen LogP) is 6.27. The Hall–Kier alpha value is -1.41. The zero-order valence-electron chi connectivity index (χ0n) is 15.1. The van der Waals surface area contributed by atoms with Gasteiger partial charge in [-0.15, -0.1) is 0 Å². The molecule has 0 aromatic heterocycles. The lowest BCUT2D eigenvalue weighted by Gasteiger charge is -2.29. The molecule has 0 unspecified atom stereocenters. The van der Waals surface area contributed by atoms with E-state index >= 15 is 0 Å². The average molecular weight is 345 g/mol. The van der Waals surface area contributed by atoms with E-state index in [4.69, 9.17) is 13.8 Å². The van der Waals surface area contributed by atoms with Gasteiger partial charge in [0.2, 0.25) is 7.51 Å². The quantitative estimate of drug-likeness (QED) is 0.528. The van der Waals surface area contributed by atoms with Gasteiger partial charge in [0, 0.05) is 11.7 Å². The van der Waals surface area contributed by atoms with Gasteiger partial charge in [0.25, 0.3) is 0 Å². The predicted molar refractivity (Wildman–Crippen MR) is 102 cm³/mol. The lowest BCUT2D eigenvalue weighted by atomic mass is 10.2. The van der Waals surface area contributed by atoms with Crippen LogP contribution in [0.1, 0.15) is 38.8 Å². The highest BCUT2D eigenvalue weighted by atomic mass is 31.2. The van der Waals surface area contributed by atoms with Gasteiger partial charge >= 0.3 is 0 Å². The first-order valence-electron chi connectivity index (χ1n) is 8.50. The fourth-order valence-corrected chi connectivity index (χ4v) is 4.72. The molecule has 3 nitrogen and oxygen atoms in total. The summed E-state index contributed by atoms with van der Waals surface area (Å²) in [5, 5.41) is 0. The summed E-state index contributed by atoms with van der Waals surface area (Å²) in [6.07, 6.45) is 0. The monoisotopic (exact) mass is 345 g/mol. The number of hydrogen-bond acceptors (Lipinski definition) is 3. The van der Waals surface area contributed by atoms with Crippen molar-refractivity contribution in [2.45, 2.75) is 52.6 Å². The lowest BCUT2D eigenvalue weighted by molar-refractivity contribution is 0.218. The van der Waals surface area contributed by atoms with Crippen LogP contribution in [0.4, 0.5) is 0 Å². The Morgan fingerprint density at radius 2 is 1.17 bits per heavy atom. The molecule has 2 rings (SSSR count). The van der Waals surface area contributed by atoms with Crippen LogP contribution in [-0.2, 0) is 22.3 Å². The Kier molecular flexibility index (Phi) is 7.23. The van der Waals surface area contributed by atoms with Crippen molar-refractivity contribution in [3.8, 4) is 0 Å². The van der Waals surface area contributed by atoms with Gasteiger partial charge in [-0.05, 0) is 25.0 Å². The highest BCUT2D eigenvalue weighted by molar-refractivity contribution is 7.57. The van der Waals surface area contributed by atoms with E-state index in [1.165, 1.54) is 0 Å². The molecule has 0 atom stereocenters. The van der Waals surface area contributed by atoms with Gasteiger partial charge in [0.1, 0.15) is 0 Å². The summed E-state index contributed by atoms with van der Waals surface area (Å²) < 4.78 is 17.6. The molecule has 0 aliphatic rings. The van der Waals surface area contributed by atoms with Gasteiger partial charge in [-0.3, -0.25) is 4.74 Å². The molecule has 0 saturated carbocycles. The summed E-state index contributed by atoms with van der Waals surface area (Å²) in [6.45, 7) is 9.48. The highest BCUT2D eigenvalue weighted by Gasteiger charge is 2.27. The van der Waals surface area contributed by atoms with E-state index < -0.39 is 7.51 Å². The first-order chi connectivity index (χ1) is 11.5. The second-order valence-electron chi connectivity index (χ2n) is 6.39. The number of benzene rings is 2. The third-order valence-corrected chi connectivity index (χ3v) is 6.65. The molecule has 0 aliphatic carbocycles. The molecule has 2 aromatic carbocycles. The Morgan fingerprint density at radius 1 is 0.750 bits per heavy atom. The largest absolute Gasteiger partial charge is 0.319 e. The van der Waals surface area contributed by atoms with Gasteiger partial charge in [0.05, 0.1) is 13.2 Å². The van der Waals surface area contributed by atoms with Crippen molar-refractivity contribution in [3.05, 3.63) is 71.8 Å². The SMILES string of the molecule is CC(C)N=P(OCc1ccccc1)(OCc1ccccc1)C(C)C. The maximum absolute atomic E-state index is 6.33. The van der Waals surface area contributed by atoms with Gasteiger partial charge in [0.15, 0.2) is 0 Å². The fraction of sp³-hybridized carbons (Fsp3) is 0.400. The van der Waals surface area contributed by atoms with Crippen LogP contribution >= 0.6 is 7.51 Å². The van der Waals surface area contributed by atoms with Crippen molar-refractivity contribution in [3.63, 3.8) is 0 Å². The maximum Gasteiger partial charge on any atom is 0.215 e. The summed E-state index contributed by atoms with van der Waals surface area (Å²) in [5.41, 5.74) is 2.50. The van der Waals surface area contributed by atoms with E-state index in [0.717, 1.165) is 11.1 Å². The van der Waals surface area contributed by atoms with Gasteiger partial charge in [-0.25, -0.2) is 0 Å².